The zero-order valence-electron chi connectivity index (χ0n) is 10.6. The molecule has 1 aromatic carbocycles. The fourth-order valence-corrected chi connectivity index (χ4v) is 2.02. The molecule has 3 nitrogen and oxygen atoms in total. The fourth-order valence-electron chi connectivity index (χ4n) is 2.02. The van der Waals surface area contributed by atoms with Crippen molar-refractivity contribution in [2.24, 2.45) is 5.73 Å². The molecule has 1 aromatic rings. The summed E-state index contributed by atoms with van der Waals surface area (Å²) in [5, 5.41) is 0. The van der Waals surface area contributed by atoms with Crippen LogP contribution in [0, 0.1) is 5.82 Å². The minimum atomic E-state index is -0.446. The number of hydrogen-bond acceptors (Lipinski definition) is 2. The highest BCUT2D eigenvalue weighted by atomic mass is 19.1. The van der Waals surface area contributed by atoms with Crippen LogP contribution in [0.1, 0.15) is 25.3 Å². The van der Waals surface area contributed by atoms with Crippen molar-refractivity contribution in [1.82, 2.24) is 4.90 Å². The predicted molar refractivity (Wildman–Crippen MR) is 68.5 cm³/mol. The molecule has 0 heterocycles. The van der Waals surface area contributed by atoms with Gasteiger partial charge in [-0.2, -0.15) is 0 Å². The average molecular weight is 250 g/mol. The monoisotopic (exact) mass is 250 g/mol. The van der Waals surface area contributed by atoms with Gasteiger partial charge >= 0.3 is 0 Å². The van der Waals surface area contributed by atoms with Crippen molar-refractivity contribution >= 4 is 5.91 Å². The van der Waals surface area contributed by atoms with Gasteiger partial charge in [0, 0.05) is 12.6 Å². The van der Waals surface area contributed by atoms with E-state index in [1.54, 1.807) is 19.1 Å². The van der Waals surface area contributed by atoms with E-state index in [1.807, 2.05) is 4.90 Å². The Bertz CT molecular complexity index is 412. The van der Waals surface area contributed by atoms with E-state index in [0.29, 0.717) is 12.6 Å². The number of carbonyl (C=O) groups is 1. The summed E-state index contributed by atoms with van der Waals surface area (Å²) in [6, 6.07) is 6.34. The number of hydrogen-bond donors (Lipinski definition) is 1. The summed E-state index contributed by atoms with van der Waals surface area (Å²) in [5.74, 6) is -0.218. The van der Waals surface area contributed by atoms with E-state index in [2.05, 4.69) is 0 Å². The van der Waals surface area contributed by atoms with Crippen molar-refractivity contribution < 1.29 is 9.18 Å². The van der Waals surface area contributed by atoms with Crippen LogP contribution in [0.15, 0.2) is 24.3 Å². The van der Waals surface area contributed by atoms with Gasteiger partial charge in [-0.15, -0.1) is 0 Å². The zero-order chi connectivity index (χ0) is 13.1. The summed E-state index contributed by atoms with van der Waals surface area (Å²) in [6.07, 6.45) is 2.89. The molecule has 98 valence electrons. The molecule has 0 spiro atoms. The first-order chi connectivity index (χ1) is 8.58. The molecule has 0 aromatic heterocycles. The number of amides is 1. The Balaban J connectivity index is 1.93. The maximum absolute atomic E-state index is 12.8. The van der Waals surface area contributed by atoms with Crippen LogP contribution in [-0.4, -0.2) is 29.4 Å². The lowest BCUT2D eigenvalue weighted by atomic mass is 10.1. The highest BCUT2D eigenvalue weighted by molar-refractivity contribution is 5.81. The molecule has 0 bridgehead atoms. The van der Waals surface area contributed by atoms with Gasteiger partial charge in [0.1, 0.15) is 5.82 Å². The second-order valence-corrected chi connectivity index (χ2v) is 4.93. The molecular formula is C14H19FN2O. The number of carbonyl (C=O) groups excluding carboxylic acids is 1. The van der Waals surface area contributed by atoms with Gasteiger partial charge in [-0.25, -0.2) is 4.39 Å². The van der Waals surface area contributed by atoms with Crippen molar-refractivity contribution in [3.05, 3.63) is 35.6 Å². The lowest BCUT2D eigenvalue weighted by Crippen LogP contribution is -2.44. The third-order valence-corrected chi connectivity index (χ3v) is 3.21. The van der Waals surface area contributed by atoms with Crippen LogP contribution in [0.25, 0.3) is 0 Å². The number of nitrogens with zero attached hydrogens (tertiary/aromatic N) is 1. The van der Waals surface area contributed by atoms with Crippen LogP contribution in [0.2, 0.25) is 0 Å². The Kier molecular flexibility index (Phi) is 3.97. The summed E-state index contributed by atoms with van der Waals surface area (Å²) in [5.41, 5.74) is 6.69. The van der Waals surface area contributed by atoms with E-state index in [0.717, 1.165) is 24.8 Å². The van der Waals surface area contributed by atoms with Gasteiger partial charge in [-0.05, 0) is 43.9 Å². The Morgan fingerprint density at radius 2 is 2.06 bits per heavy atom. The van der Waals surface area contributed by atoms with Crippen LogP contribution < -0.4 is 5.73 Å². The SMILES string of the molecule is C[C@@H](N)C(=O)N(CCc1ccc(F)cc1)C1CC1. The first-order valence-corrected chi connectivity index (χ1v) is 6.38. The van der Waals surface area contributed by atoms with Crippen molar-refractivity contribution in [3.8, 4) is 0 Å². The molecule has 1 amide bonds. The minimum absolute atomic E-state index is 0.0135. The van der Waals surface area contributed by atoms with Crippen LogP contribution >= 0.6 is 0 Å². The van der Waals surface area contributed by atoms with E-state index < -0.39 is 6.04 Å². The van der Waals surface area contributed by atoms with Crippen molar-refractivity contribution in [3.63, 3.8) is 0 Å². The topological polar surface area (TPSA) is 46.3 Å². The molecular weight excluding hydrogens is 231 g/mol. The van der Waals surface area contributed by atoms with Gasteiger partial charge in [-0.3, -0.25) is 4.79 Å². The third-order valence-electron chi connectivity index (χ3n) is 3.21. The maximum Gasteiger partial charge on any atom is 0.239 e. The van der Waals surface area contributed by atoms with Gasteiger partial charge in [0.15, 0.2) is 0 Å². The Hall–Kier alpha value is -1.42. The summed E-state index contributed by atoms with van der Waals surface area (Å²) in [7, 11) is 0. The lowest BCUT2D eigenvalue weighted by molar-refractivity contribution is -0.132. The smallest absolute Gasteiger partial charge is 0.239 e. The maximum atomic E-state index is 12.8. The molecule has 1 saturated carbocycles. The number of nitrogens with two attached hydrogens (primary N) is 1. The van der Waals surface area contributed by atoms with Crippen molar-refractivity contribution in [2.45, 2.75) is 38.3 Å². The highest BCUT2D eigenvalue weighted by Crippen LogP contribution is 2.27. The molecule has 1 aliphatic carbocycles. The third kappa shape index (κ3) is 3.29. The zero-order valence-corrected chi connectivity index (χ0v) is 10.6. The van der Waals surface area contributed by atoms with Crippen molar-refractivity contribution in [1.29, 1.82) is 0 Å². The van der Waals surface area contributed by atoms with Gasteiger partial charge in [0.25, 0.3) is 0 Å². The molecule has 0 aliphatic heterocycles. The van der Waals surface area contributed by atoms with Crippen LogP contribution in [0.4, 0.5) is 4.39 Å². The molecule has 1 atom stereocenters. The normalized spacial score (nSPS) is 16.4. The molecule has 0 unspecified atom stereocenters. The first-order valence-electron chi connectivity index (χ1n) is 6.38. The van der Waals surface area contributed by atoms with E-state index in [4.69, 9.17) is 5.73 Å². The Labute approximate surface area is 107 Å². The average Bonchev–Trinajstić information content (AvgIpc) is 3.16. The quantitative estimate of drug-likeness (QED) is 0.864. The fraction of sp³-hybridized carbons (Fsp3) is 0.500. The highest BCUT2D eigenvalue weighted by Gasteiger charge is 2.33. The number of rotatable bonds is 5. The van der Waals surface area contributed by atoms with Crippen LogP contribution in [0.3, 0.4) is 0 Å². The molecule has 4 heteroatoms. The predicted octanol–water partition coefficient (Wildman–Crippen LogP) is 1.71. The molecule has 1 aliphatic rings. The summed E-state index contributed by atoms with van der Waals surface area (Å²) >= 11 is 0. The second kappa shape index (κ2) is 5.48. The molecule has 2 N–H and O–H groups in total. The summed E-state index contributed by atoms with van der Waals surface area (Å²) < 4.78 is 12.8. The molecule has 18 heavy (non-hydrogen) atoms. The number of halogens is 1. The molecule has 0 radical (unpaired) electrons. The molecule has 2 rings (SSSR count). The van der Waals surface area contributed by atoms with Gasteiger partial charge in [0.05, 0.1) is 6.04 Å². The van der Waals surface area contributed by atoms with E-state index in [-0.39, 0.29) is 11.7 Å². The second-order valence-electron chi connectivity index (χ2n) is 4.93. The lowest BCUT2D eigenvalue weighted by Gasteiger charge is -2.24. The van der Waals surface area contributed by atoms with E-state index >= 15 is 0 Å². The van der Waals surface area contributed by atoms with Crippen molar-refractivity contribution in [2.75, 3.05) is 6.54 Å². The summed E-state index contributed by atoms with van der Waals surface area (Å²) in [4.78, 5) is 13.8. The Morgan fingerprint density at radius 1 is 1.44 bits per heavy atom. The van der Waals surface area contributed by atoms with E-state index in [1.165, 1.54) is 12.1 Å². The molecule has 1 fully saturated rings. The van der Waals surface area contributed by atoms with Gasteiger partial charge < -0.3 is 10.6 Å². The van der Waals surface area contributed by atoms with Crippen LogP contribution in [0.5, 0.6) is 0 Å². The minimum Gasteiger partial charge on any atom is -0.338 e. The van der Waals surface area contributed by atoms with E-state index in [9.17, 15) is 9.18 Å². The number of benzene rings is 1. The van der Waals surface area contributed by atoms with Gasteiger partial charge in [0.2, 0.25) is 5.91 Å². The summed E-state index contributed by atoms with van der Waals surface area (Å²) in [6.45, 7) is 2.38. The van der Waals surface area contributed by atoms with Crippen LogP contribution in [-0.2, 0) is 11.2 Å². The standard InChI is InChI=1S/C14H19FN2O/c1-10(16)14(18)17(13-6-7-13)9-8-11-2-4-12(15)5-3-11/h2-5,10,13H,6-9,16H2,1H3/t10-/m1/s1. The molecule has 0 saturated heterocycles. The van der Waals surface area contributed by atoms with Gasteiger partial charge in [-0.1, -0.05) is 12.1 Å². The first kappa shape index (κ1) is 13.0. The largest absolute Gasteiger partial charge is 0.338 e. The Morgan fingerprint density at radius 3 is 2.56 bits per heavy atom.